The molecule has 2 rings (SSSR count). The summed E-state index contributed by atoms with van der Waals surface area (Å²) >= 11 is 2.09. The summed E-state index contributed by atoms with van der Waals surface area (Å²) < 4.78 is 5.18. The van der Waals surface area contributed by atoms with Crippen molar-refractivity contribution in [3.05, 3.63) is 23.8 Å². The van der Waals surface area contributed by atoms with Crippen molar-refractivity contribution in [2.45, 2.75) is 25.1 Å². The molecule has 0 aromatic heterocycles. The van der Waals surface area contributed by atoms with Gasteiger partial charge < -0.3 is 10.5 Å². The Hall–Kier alpha value is -0.870. The Morgan fingerprint density at radius 3 is 3.00 bits per heavy atom. The molecule has 2 N–H and O–H groups in total. The van der Waals surface area contributed by atoms with E-state index >= 15 is 0 Å². The van der Waals surface area contributed by atoms with Crippen LogP contribution in [0.1, 0.15) is 18.9 Å². The van der Waals surface area contributed by atoms with Crippen LogP contribution in [-0.4, -0.2) is 36.1 Å². The summed E-state index contributed by atoms with van der Waals surface area (Å²) in [5, 5.41) is 0.776. The zero-order valence-corrected chi connectivity index (χ0v) is 12.0. The van der Waals surface area contributed by atoms with Crippen LogP contribution in [0.3, 0.4) is 0 Å². The van der Waals surface area contributed by atoms with Gasteiger partial charge in [0.15, 0.2) is 0 Å². The van der Waals surface area contributed by atoms with Crippen LogP contribution in [0.4, 0.5) is 5.69 Å². The Morgan fingerprint density at radius 2 is 2.33 bits per heavy atom. The van der Waals surface area contributed by atoms with E-state index in [9.17, 15) is 0 Å². The molecule has 1 saturated heterocycles. The highest BCUT2D eigenvalue weighted by atomic mass is 32.2. The zero-order chi connectivity index (χ0) is 13.0. The van der Waals surface area contributed by atoms with Crippen molar-refractivity contribution in [3.63, 3.8) is 0 Å². The molecule has 3 nitrogen and oxygen atoms in total. The molecule has 1 aliphatic heterocycles. The van der Waals surface area contributed by atoms with Crippen LogP contribution in [0, 0.1) is 0 Å². The third-order valence-corrected chi connectivity index (χ3v) is 4.80. The largest absolute Gasteiger partial charge is 0.497 e. The van der Waals surface area contributed by atoms with Crippen LogP contribution in [0.5, 0.6) is 5.75 Å². The van der Waals surface area contributed by atoms with E-state index in [2.05, 4.69) is 29.7 Å². The molecule has 0 aliphatic carbocycles. The molecule has 1 unspecified atom stereocenters. The molecule has 1 aliphatic rings. The van der Waals surface area contributed by atoms with Gasteiger partial charge in [-0.1, -0.05) is 13.0 Å². The number of ether oxygens (including phenoxy) is 1. The first-order chi connectivity index (χ1) is 8.72. The van der Waals surface area contributed by atoms with E-state index in [0.29, 0.717) is 0 Å². The van der Waals surface area contributed by atoms with E-state index in [1.807, 2.05) is 12.1 Å². The lowest BCUT2D eigenvalue weighted by molar-refractivity contribution is 0.273. The van der Waals surface area contributed by atoms with Crippen LogP contribution >= 0.6 is 11.8 Å². The highest BCUT2D eigenvalue weighted by Crippen LogP contribution is 2.25. The smallest absolute Gasteiger partial charge is 0.120 e. The van der Waals surface area contributed by atoms with Crippen LogP contribution in [0.2, 0.25) is 0 Å². The minimum absolute atomic E-state index is 0.776. The lowest BCUT2D eigenvalue weighted by Gasteiger charge is -2.32. The number of thioether (sulfide) groups is 1. The average Bonchev–Trinajstić information content (AvgIpc) is 2.41. The van der Waals surface area contributed by atoms with Crippen molar-refractivity contribution in [1.82, 2.24) is 4.90 Å². The van der Waals surface area contributed by atoms with Gasteiger partial charge >= 0.3 is 0 Å². The quantitative estimate of drug-likeness (QED) is 0.850. The minimum Gasteiger partial charge on any atom is -0.497 e. The predicted molar refractivity (Wildman–Crippen MR) is 79.2 cm³/mol. The van der Waals surface area contributed by atoms with Crippen LogP contribution < -0.4 is 10.5 Å². The summed E-state index contributed by atoms with van der Waals surface area (Å²) in [6.07, 6.45) is 1.25. The van der Waals surface area contributed by atoms with Gasteiger partial charge in [0.05, 0.1) is 7.11 Å². The molecule has 1 fully saturated rings. The van der Waals surface area contributed by atoms with Gasteiger partial charge in [-0.3, -0.25) is 4.90 Å². The second kappa shape index (κ2) is 6.34. The van der Waals surface area contributed by atoms with Gasteiger partial charge in [0.2, 0.25) is 0 Å². The normalized spacial score (nSPS) is 20.9. The fourth-order valence-electron chi connectivity index (χ4n) is 2.26. The number of benzene rings is 1. The maximum Gasteiger partial charge on any atom is 0.120 e. The number of hydrogen-bond acceptors (Lipinski definition) is 4. The SMILES string of the molecule is CCC1CN(Cc2ccc(OC)cc2N)CCS1. The van der Waals surface area contributed by atoms with Crippen molar-refractivity contribution in [2.75, 3.05) is 31.7 Å². The van der Waals surface area contributed by atoms with E-state index in [0.717, 1.165) is 29.8 Å². The zero-order valence-electron chi connectivity index (χ0n) is 11.2. The minimum atomic E-state index is 0.776. The average molecular weight is 266 g/mol. The molecule has 100 valence electrons. The fourth-order valence-corrected chi connectivity index (χ4v) is 3.50. The first-order valence-corrected chi connectivity index (χ1v) is 7.54. The first-order valence-electron chi connectivity index (χ1n) is 6.49. The summed E-state index contributed by atoms with van der Waals surface area (Å²) in [5.74, 6) is 2.06. The molecule has 18 heavy (non-hydrogen) atoms. The second-order valence-corrected chi connectivity index (χ2v) is 6.11. The molecular weight excluding hydrogens is 244 g/mol. The molecule has 0 bridgehead atoms. The summed E-state index contributed by atoms with van der Waals surface area (Å²) in [5.41, 5.74) is 8.11. The van der Waals surface area contributed by atoms with E-state index in [1.54, 1.807) is 7.11 Å². The van der Waals surface area contributed by atoms with Gasteiger partial charge in [-0.2, -0.15) is 11.8 Å². The Kier molecular flexibility index (Phi) is 4.78. The topological polar surface area (TPSA) is 38.5 Å². The van der Waals surface area contributed by atoms with Gasteiger partial charge in [0.25, 0.3) is 0 Å². The monoisotopic (exact) mass is 266 g/mol. The second-order valence-electron chi connectivity index (χ2n) is 4.70. The van der Waals surface area contributed by atoms with Gasteiger partial charge in [0.1, 0.15) is 5.75 Å². The summed E-state index contributed by atoms with van der Waals surface area (Å²) in [6, 6.07) is 5.98. The Balaban J connectivity index is 2.00. The van der Waals surface area contributed by atoms with Gasteiger partial charge in [-0.05, 0) is 18.1 Å². The van der Waals surface area contributed by atoms with Gasteiger partial charge in [-0.15, -0.1) is 0 Å². The number of nitrogens with zero attached hydrogens (tertiary/aromatic N) is 1. The van der Waals surface area contributed by atoms with E-state index in [4.69, 9.17) is 10.5 Å². The molecule has 1 aromatic rings. The van der Waals surface area contributed by atoms with E-state index in [1.165, 1.54) is 24.3 Å². The van der Waals surface area contributed by atoms with Crippen molar-refractivity contribution in [3.8, 4) is 5.75 Å². The Bertz CT molecular complexity index is 397. The molecule has 0 spiro atoms. The highest BCUT2D eigenvalue weighted by Gasteiger charge is 2.19. The van der Waals surface area contributed by atoms with Crippen LogP contribution in [-0.2, 0) is 6.54 Å². The van der Waals surface area contributed by atoms with E-state index in [-0.39, 0.29) is 0 Å². The summed E-state index contributed by atoms with van der Waals surface area (Å²) in [7, 11) is 1.67. The Labute approximate surface area is 114 Å². The molecule has 4 heteroatoms. The standard InChI is InChI=1S/C14H22N2OS/c1-3-13-10-16(6-7-18-13)9-11-4-5-12(17-2)8-14(11)15/h4-5,8,13H,3,6-7,9-10,15H2,1-2H3. The third-order valence-electron chi connectivity index (χ3n) is 3.43. The molecule has 1 heterocycles. The number of nitrogens with two attached hydrogens (primary N) is 1. The van der Waals surface area contributed by atoms with E-state index < -0.39 is 0 Å². The summed E-state index contributed by atoms with van der Waals surface area (Å²) in [6.45, 7) is 5.55. The van der Waals surface area contributed by atoms with Crippen molar-refractivity contribution >= 4 is 17.4 Å². The molecule has 0 saturated carbocycles. The molecule has 1 atom stereocenters. The van der Waals surface area contributed by atoms with Crippen LogP contribution in [0.15, 0.2) is 18.2 Å². The molecule has 1 aromatic carbocycles. The van der Waals surface area contributed by atoms with Crippen molar-refractivity contribution in [2.24, 2.45) is 0 Å². The number of hydrogen-bond donors (Lipinski definition) is 1. The highest BCUT2D eigenvalue weighted by molar-refractivity contribution is 8.00. The number of methoxy groups -OCH3 is 1. The fraction of sp³-hybridized carbons (Fsp3) is 0.571. The molecular formula is C14H22N2OS. The van der Waals surface area contributed by atoms with Gasteiger partial charge in [-0.25, -0.2) is 0 Å². The van der Waals surface area contributed by atoms with Crippen molar-refractivity contribution < 1.29 is 4.74 Å². The molecule has 0 amide bonds. The first kappa shape index (κ1) is 13.6. The number of nitrogen functional groups attached to an aromatic ring is 1. The third kappa shape index (κ3) is 3.33. The summed E-state index contributed by atoms with van der Waals surface area (Å²) in [4.78, 5) is 2.50. The lowest BCUT2D eigenvalue weighted by atomic mass is 10.1. The maximum absolute atomic E-state index is 6.07. The maximum atomic E-state index is 6.07. The van der Waals surface area contributed by atoms with Crippen molar-refractivity contribution in [1.29, 1.82) is 0 Å². The van der Waals surface area contributed by atoms with Crippen LogP contribution in [0.25, 0.3) is 0 Å². The molecule has 0 radical (unpaired) electrons. The van der Waals surface area contributed by atoms with Gasteiger partial charge in [0, 0.05) is 42.4 Å². The number of rotatable bonds is 4. The Morgan fingerprint density at radius 1 is 1.50 bits per heavy atom. The lowest BCUT2D eigenvalue weighted by Crippen LogP contribution is -2.37. The number of anilines is 1. The predicted octanol–water partition coefficient (Wildman–Crippen LogP) is 2.60.